The van der Waals surface area contributed by atoms with Crippen LogP contribution in [0.1, 0.15) is 18.0 Å². The van der Waals surface area contributed by atoms with Crippen molar-refractivity contribution < 1.29 is 9.59 Å². The summed E-state index contributed by atoms with van der Waals surface area (Å²) in [6, 6.07) is 13.7. The second kappa shape index (κ2) is 8.20. The first kappa shape index (κ1) is 18.2. The molecule has 134 valence electrons. The Hall–Kier alpha value is -2.58. The molecule has 3 amide bonds. The number of hydrogen-bond donors (Lipinski definition) is 3. The minimum Gasteiger partial charge on any atom is -0.352 e. The molecule has 0 aliphatic carbocycles. The van der Waals surface area contributed by atoms with Crippen molar-refractivity contribution in [3.63, 3.8) is 0 Å². The number of aromatic nitrogens is 1. The lowest BCUT2D eigenvalue weighted by Gasteiger charge is -2.17. The van der Waals surface area contributed by atoms with E-state index in [1.165, 1.54) is 0 Å². The summed E-state index contributed by atoms with van der Waals surface area (Å²) in [5.41, 5.74) is 7.68. The zero-order chi connectivity index (χ0) is 18.5. The van der Waals surface area contributed by atoms with Crippen molar-refractivity contribution in [2.45, 2.75) is 16.8 Å². The van der Waals surface area contributed by atoms with Gasteiger partial charge in [-0.15, -0.1) is 11.3 Å². The summed E-state index contributed by atoms with van der Waals surface area (Å²) in [6.07, 6.45) is 2.07. The van der Waals surface area contributed by atoms with Gasteiger partial charge >= 0.3 is 6.03 Å². The fourth-order valence-electron chi connectivity index (χ4n) is 2.58. The molecule has 2 aromatic carbocycles. The van der Waals surface area contributed by atoms with E-state index in [1.807, 2.05) is 54.8 Å². The van der Waals surface area contributed by atoms with Crippen molar-refractivity contribution in [1.29, 1.82) is 0 Å². The standard InChI is InChI=1S/C18H18N4O2S2/c1-25-18-22-13-8-7-12(9-15(13)26-18)20-16(23)10-14(21-17(19)24)11-5-3-2-4-6-11/h2-9,14H,10H2,1H3,(H,20,23)(H3,19,21,24). The minimum atomic E-state index is -0.665. The van der Waals surface area contributed by atoms with Crippen molar-refractivity contribution in [3.05, 3.63) is 54.1 Å². The third kappa shape index (κ3) is 4.53. The maximum Gasteiger partial charge on any atom is 0.312 e. The van der Waals surface area contributed by atoms with Gasteiger partial charge in [-0.2, -0.15) is 0 Å². The largest absolute Gasteiger partial charge is 0.352 e. The molecule has 0 saturated heterocycles. The Labute approximate surface area is 159 Å². The lowest BCUT2D eigenvalue weighted by Crippen LogP contribution is -2.35. The van der Waals surface area contributed by atoms with Crippen molar-refractivity contribution >= 4 is 50.9 Å². The third-order valence-electron chi connectivity index (χ3n) is 3.74. The zero-order valence-corrected chi connectivity index (χ0v) is 15.7. The summed E-state index contributed by atoms with van der Waals surface area (Å²) in [7, 11) is 0. The Kier molecular flexibility index (Phi) is 5.75. The number of nitrogens with zero attached hydrogens (tertiary/aromatic N) is 1. The molecule has 0 spiro atoms. The number of thioether (sulfide) groups is 1. The topological polar surface area (TPSA) is 97.1 Å². The molecule has 0 aliphatic rings. The Morgan fingerprint density at radius 1 is 1.23 bits per heavy atom. The molecule has 0 saturated carbocycles. The van der Waals surface area contributed by atoms with Gasteiger partial charge in [-0.1, -0.05) is 42.1 Å². The Morgan fingerprint density at radius 3 is 2.69 bits per heavy atom. The van der Waals surface area contributed by atoms with Crippen LogP contribution in [0.4, 0.5) is 10.5 Å². The number of amides is 3. The van der Waals surface area contributed by atoms with Crippen molar-refractivity contribution in [2.75, 3.05) is 11.6 Å². The van der Waals surface area contributed by atoms with Gasteiger partial charge in [0.05, 0.1) is 22.7 Å². The molecule has 26 heavy (non-hydrogen) atoms. The van der Waals surface area contributed by atoms with E-state index in [9.17, 15) is 9.59 Å². The molecule has 0 radical (unpaired) electrons. The summed E-state index contributed by atoms with van der Waals surface area (Å²) >= 11 is 3.18. The first-order valence-electron chi connectivity index (χ1n) is 7.90. The second-order valence-electron chi connectivity index (χ2n) is 5.59. The molecule has 6 nitrogen and oxygen atoms in total. The number of rotatable bonds is 6. The van der Waals surface area contributed by atoms with Gasteiger partial charge in [-0.05, 0) is 30.0 Å². The molecule has 4 N–H and O–H groups in total. The highest BCUT2D eigenvalue weighted by Gasteiger charge is 2.17. The lowest BCUT2D eigenvalue weighted by atomic mass is 10.0. The van der Waals surface area contributed by atoms with Crippen LogP contribution in [0.5, 0.6) is 0 Å². The van der Waals surface area contributed by atoms with Gasteiger partial charge in [-0.3, -0.25) is 4.79 Å². The number of carbonyl (C=O) groups excluding carboxylic acids is 2. The number of carbonyl (C=O) groups is 2. The predicted molar refractivity (Wildman–Crippen MR) is 107 cm³/mol. The smallest absolute Gasteiger partial charge is 0.312 e. The van der Waals surface area contributed by atoms with Crippen molar-refractivity contribution in [2.24, 2.45) is 5.73 Å². The van der Waals surface area contributed by atoms with Crippen molar-refractivity contribution in [3.8, 4) is 0 Å². The number of fused-ring (bicyclic) bond motifs is 1. The molecule has 3 aromatic rings. The molecule has 3 rings (SSSR count). The van der Waals surface area contributed by atoms with E-state index < -0.39 is 12.1 Å². The van der Waals surface area contributed by atoms with Gasteiger partial charge < -0.3 is 16.4 Å². The molecule has 0 fully saturated rings. The summed E-state index contributed by atoms with van der Waals surface area (Å²) in [5, 5.41) is 5.50. The van der Waals surface area contributed by atoms with Crippen LogP contribution < -0.4 is 16.4 Å². The van der Waals surface area contributed by atoms with Gasteiger partial charge in [-0.25, -0.2) is 9.78 Å². The van der Waals surface area contributed by atoms with E-state index in [0.29, 0.717) is 5.69 Å². The molecule has 1 atom stereocenters. The number of benzene rings is 2. The number of anilines is 1. The number of hydrogen-bond acceptors (Lipinski definition) is 5. The van der Waals surface area contributed by atoms with E-state index in [1.54, 1.807) is 23.1 Å². The molecule has 0 bridgehead atoms. The first-order valence-corrected chi connectivity index (χ1v) is 9.94. The summed E-state index contributed by atoms with van der Waals surface area (Å²) in [4.78, 5) is 28.2. The van der Waals surface area contributed by atoms with E-state index in [2.05, 4.69) is 15.6 Å². The van der Waals surface area contributed by atoms with E-state index >= 15 is 0 Å². The fourth-order valence-corrected chi connectivity index (χ4v) is 4.10. The number of primary amides is 1. The van der Waals surface area contributed by atoms with Crippen LogP contribution in [-0.2, 0) is 4.79 Å². The Bertz CT molecular complexity index is 927. The zero-order valence-electron chi connectivity index (χ0n) is 14.1. The average molecular weight is 387 g/mol. The summed E-state index contributed by atoms with van der Waals surface area (Å²) in [5.74, 6) is -0.207. The first-order chi connectivity index (χ1) is 12.5. The number of nitrogens with two attached hydrogens (primary N) is 1. The Morgan fingerprint density at radius 2 is 2.00 bits per heavy atom. The number of urea groups is 1. The SMILES string of the molecule is CSc1nc2ccc(NC(=O)CC(NC(N)=O)c3ccccc3)cc2s1. The molecular formula is C18H18N4O2S2. The van der Waals surface area contributed by atoms with E-state index in [4.69, 9.17) is 5.73 Å². The molecule has 1 aromatic heterocycles. The maximum atomic E-state index is 12.5. The average Bonchev–Trinajstić information content (AvgIpc) is 3.04. The fraction of sp³-hybridized carbons (Fsp3) is 0.167. The normalized spacial score (nSPS) is 11.9. The minimum absolute atomic E-state index is 0.0870. The van der Waals surface area contributed by atoms with E-state index in [-0.39, 0.29) is 12.3 Å². The molecule has 0 aliphatic heterocycles. The summed E-state index contributed by atoms with van der Waals surface area (Å²) < 4.78 is 2.00. The van der Waals surface area contributed by atoms with Gasteiger partial charge in [0, 0.05) is 5.69 Å². The van der Waals surface area contributed by atoms with Crippen LogP contribution in [0.3, 0.4) is 0 Å². The van der Waals surface area contributed by atoms with Gasteiger partial charge in [0.1, 0.15) is 0 Å². The lowest BCUT2D eigenvalue weighted by molar-refractivity contribution is -0.116. The highest BCUT2D eigenvalue weighted by atomic mass is 32.2. The molecule has 8 heteroatoms. The van der Waals surface area contributed by atoms with Gasteiger partial charge in [0.2, 0.25) is 5.91 Å². The van der Waals surface area contributed by atoms with Crippen LogP contribution in [0.2, 0.25) is 0 Å². The third-order valence-corrected chi connectivity index (χ3v) is 5.74. The monoisotopic (exact) mass is 386 g/mol. The highest BCUT2D eigenvalue weighted by molar-refractivity contribution is 8.00. The molecule has 1 unspecified atom stereocenters. The van der Waals surface area contributed by atoms with Crippen LogP contribution in [0.15, 0.2) is 52.9 Å². The van der Waals surface area contributed by atoms with Crippen molar-refractivity contribution in [1.82, 2.24) is 10.3 Å². The number of nitrogens with one attached hydrogen (secondary N) is 2. The predicted octanol–water partition coefficient (Wildman–Crippen LogP) is 3.76. The van der Waals surface area contributed by atoms with Gasteiger partial charge in [0.25, 0.3) is 0 Å². The molecule has 1 heterocycles. The highest BCUT2D eigenvalue weighted by Crippen LogP contribution is 2.30. The van der Waals surface area contributed by atoms with Crippen LogP contribution in [0, 0.1) is 0 Å². The van der Waals surface area contributed by atoms with Crippen LogP contribution in [0.25, 0.3) is 10.2 Å². The summed E-state index contributed by atoms with van der Waals surface area (Å²) in [6.45, 7) is 0. The molecular weight excluding hydrogens is 368 g/mol. The van der Waals surface area contributed by atoms with Crippen LogP contribution >= 0.6 is 23.1 Å². The van der Waals surface area contributed by atoms with Crippen LogP contribution in [-0.4, -0.2) is 23.2 Å². The maximum absolute atomic E-state index is 12.5. The van der Waals surface area contributed by atoms with E-state index in [0.717, 1.165) is 20.1 Å². The second-order valence-corrected chi connectivity index (χ2v) is 7.67. The van der Waals surface area contributed by atoms with Gasteiger partial charge in [0.15, 0.2) is 4.34 Å². The number of thiazole rings is 1. The quantitative estimate of drug-likeness (QED) is 0.562. The Balaban J connectivity index is 1.72.